The molecule has 3 aromatic heterocycles. The molecule has 1 atom stereocenters. The number of hydrogen-bond donors (Lipinski definition) is 1. The summed E-state index contributed by atoms with van der Waals surface area (Å²) in [6.07, 6.45) is 7.92. The Kier molecular flexibility index (Phi) is 4.36. The van der Waals surface area contributed by atoms with E-state index in [0.29, 0.717) is 5.92 Å². The summed E-state index contributed by atoms with van der Waals surface area (Å²) < 4.78 is 0. The van der Waals surface area contributed by atoms with Crippen LogP contribution in [0.25, 0.3) is 11.5 Å². The molecule has 1 aliphatic heterocycles. The third-order valence-electron chi connectivity index (χ3n) is 4.39. The van der Waals surface area contributed by atoms with Crippen LogP contribution in [-0.2, 0) is 6.54 Å². The number of nitrogens with one attached hydrogen (secondary N) is 1. The zero-order valence-electron chi connectivity index (χ0n) is 13.6. The summed E-state index contributed by atoms with van der Waals surface area (Å²) in [5.41, 5.74) is 3.91. The normalized spacial score (nSPS) is 18.8. The highest BCUT2D eigenvalue weighted by Crippen LogP contribution is 2.28. The molecule has 0 amide bonds. The van der Waals surface area contributed by atoms with E-state index in [0.717, 1.165) is 42.7 Å². The van der Waals surface area contributed by atoms with E-state index in [1.807, 2.05) is 24.8 Å². The van der Waals surface area contributed by atoms with Crippen LogP contribution in [-0.4, -0.2) is 42.9 Å². The monoisotopic (exact) mass is 340 g/mol. The number of imidazole rings is 1. The molecule has 3 aromatic rings. The van der Waals surface area contributed by atoms with Crippen LogP contribution in [0.2, 0.25) is 0 Å². The van der Waals surface area contributed by atoms with Gasteiger partial charge in [-0.25, -0.2) is 15.0 Å². The van der Waals surface area contributed by atoms with Gasteiger partial charge in [0.2, 0.25) is 0 Å². The maximum atomic E-state index is 4.71. The van der Waals surface area contributed by atoms with Crippen molar-refractivity contribution >= 4 is 11.3 Å². The molecular weight excluding hydrogens is 320 g/mol. The molecule has 0 radical (unpaired) electrons. The van der Waals surface area contributed by atoms with Gasteiger partial charge < -0.3 is 4.98 Å². The maximum absolute atomic E-state index is 4.71. The number of aryl methyl sites for hydroxylation is 1. The summed E-state index contributed by atoms with van der Waals surface area (Å²) in [4.78, 5) is 24.7. The van der Waals surface area contributed by atoms with E-state index in [4.69, 9.17) is 4.98 Å². The molecule has 0 spiro atoms. The minimum absolute atomic E-state index is 0.446. The molecule has 24 heavy (non-hydrogen) atoms. The lowest BCUT2D eigenvalue weighted by molar-refractivity contribution is 0.200. The van der Waals surface area contributed by atoms with Gasteiger partial charge in [-0.05, 0) is 32.4 Å². The minimum Gasteiger partial charge on any atom is -0.343 e. The molecule has 0 bridgehead atoms. The molecule has 4 heterocycles. The topological polar surface area (TPSA) is 70.6 Å². The smallest absolute Gasteiger partial charge is 0.156 e. The Bertz CT molecular complexity index is 784. The van der Waals surface area contributed by atoms with Crippen LogP contribution >= 0.6 is 11.3 Å². The molecule has 4 rings (SSSR count). The lowest BCUT2D eigenvalue weighted by atomic mass is 9.94. The molecule has 0 unspecified atom stereocenters. The summed E-state index contributed by atoms with van der Waals surface area (Å²) in [6, 6.07) is 2.09. The second-order valence-corrected chi connectivity index (χ2v) is 7.18. The van der Waals surface area contributed by atoms with Crippen LogP contribution in [0.1, 0.15) is 35.2 Å². The molecule has 1 saturated heterocycles. The standard InChI is InChI=1S/C17H20N6S/c1-12-21-15(7-16(22-12)17-19-4-5-20-17)13-3-2-6-23(9-13)10-14-8-18-11-24-14/h4-5,7-8,11,13H,2-3,6,9-10H2,1H3,(H,19,20)/t13-/m0/s1. The highest BCUT2D eigenvalue weighted by molar-refractivity contribution is 7.09. The van der Waals surface area contributed by atoms with E-state index in [1.54, 1.807) is 17.5 Å². The Morgan fingerprint density at radius 2 is 2.33 bits per heavy atom. The van der Waals surface area contributed by atoms with Crippen LogP contribution in [0.15, 0.2) is 30.2 Å². The number of thiazole rings is 1. The third-order valence-corrected chi connectivity index (χ3v) is 5.15. The number of likely N-dealkylation sites (tertiary alicyclic amines) is 1. The molecule has 6 nitrogen and oxygen atoms in total. The molecule has 0 saturated carbocycles. The first-order valence-corrected chi connectivity index (χ1v) is 9.11. The highest BCUT2D eigenvalue weighted by atomic mass is 32.1. The minimum atomic E-state index is 0.446. The van der Waals surface area contributed by atoms with Crippen LogP contribution in [0.5, 0.6) is 0 Å². The molecule has 124 valence electrons. The second-order valence-electron chi connectivity index (χ2n) is 6.21. The Hall–Kier alpha value is -2.12. The van der Waals surface area contributed by atoms with Crippen molar-refractivity contribution in [3.63, 3.8) is 0 Å². The summed E-state index contributed by atoms with van der Waals surface area (Å²) in [6.45, 7) is 5.11. The van der Waals surface area contributed by atoms with Crippen molar-refractivity contribution in [1.82, 2.24) is 29.8 Å². The van der Waals surface area contributed by atoms with Gasteiger partial charge in [0.15, 0.2) is 5.82 Å². The van der Waals surface area contributed by atoms with E-state index in [-0.39, 0.29) is 0 Å². The number of aromatic amines is 1. The fourth-order valence-electron chi connectivity index (χ4n) is 3.31. The quantitative estimate of drug-likeness (QED) is 0.790. The van der Waals surface area contributed by atoms with Crippen molar-refractivity contribution in [2.75, 3.05) is 13.1 Å². The lowest BCUT2D eigenvalue weighted by Gasteiger charge is -2.32. The Balaban J connectivity index is 1.54. The largest absolute Gasteiger partial charge is 0.343 e. The van der Waals surface area contributed by atoms with E-state index in [9.17, 15) is 0 Å². The van der Waals surface area contributed by atoms with Gasteiger partial charge in [0, 0.05) is 48.2 Å². The Morgan fingerprint density at radius 3 is 3.12 bits per heavy atom. The lowest BCUT2D eigenvalue weighted by Crippen LogP contribution is -2.34. The van der Waals surface area contributed by atoms with Crippen LogP contribution in [0.3, 0.4) is 0 Å². The first kappa shape index (κ1) is 15.4. The van der Waals surface area contributed by atoms with Crippen molar-refractivity contribution < 1.29 is 0 Å². The zero-order chi connectivity index (χ0) is 16.4. The van der Waals surface area contributed by atoms with E-state index >= 15 is 0 Å². The number of hydrogen-bond acceptors (Lipinski definition) is 6. The van der Waals surface area contributed by atoms with Gasteiger partial charge in [0.25, 0.3) is 0 Å². The maximum Gasteiger partial charge on any atom is 0.156 e. The third kappa shape index (κ3) is 3.37. The van der Waals surface area contributed by atoms with Gasteiger partial charge in [-0.1, -0.05) is 0 Å². The average Bonchev–Trinajstić information content (AvgIpc) is 3.28. The molecule has 7 heteroatoms. The van der Waals surface area contributed by atoms with Gasteiger partial charge in [-0.15, -0.1) is 11.3 Å². The summed E-state index contributed by atoms with van der Waals surface area (Å²) >= 11 is 1.73. The van der Waals surface area contributed by atoms with Crippen molar-refractivity contribution in [3.8, 4) is 11.5 Å². The van der Waals surface area contributed by atoms with Gasteiger partial charge in [0.05, 0.1) is 5.51 Å². The summed E-state index contributed by atoms with van der Waals surface area (Å²) in [5.74, 6) is 2.06. The predicted molar refractivity (Wildman–Crippen MR) is 93.7 cm³/mol. The highest BCUT2D eigenvalue weighted by Gasteiger charge is 2.24. The number of aromatic nitrogens is 5. The van der Waals surface area contributed by atoms with Crippen molar-refractivity contribution in [3.05, 3.63) is 46.6 Å². The Labute approximate surface area is 145 Å². The van der Waals surface area contributed by atoms with Gasteiger partial charge in [0.1, 0.15) is 11.5 Å². The molecule has 1 aliphatic rings. The molecule has 1 N–H and O–H groups in total. The van der Waals surface area contributed by atoms with Crippen LogP contribution < -0.4 is 0 Å². The van der Waals surface area contributed by atoms with Gasteiger partial charge >= 0.3 is 0 Å². The van der Waals surface area contributed by atoms with E-state index < -0.39 is 0 Å². The van der Waals surface area contributed by atoms with Crippen LogP contribution in [0.4, 0.5) is 0 Å². The van der Waals surface area contributed by atoms with Crippen LogP contribution in [0, 0.1) is 6.92 Å². The number of piperidine rings is 1. The molecule has 0 aromatic carbocycles. The van der Waals surface area contributed by atoms with E-state index in [2.05, 4.69) is 30.9 Å². The van der Waals surface area contributed by atoms with Gasteiger partial charge in [-0.2, -0.15) is 0 Å². The molecule has 1 fully saturated rings. The fraction of sp³-hybridized carbons (Fsp3) is 0.412. The Morgan fingerprint density at radius 1 is 1.38 bits per heavy atom. The van der Waals surface area contributed by atoms with Crippen molar-refractivity contribution in [1.29, 1.82) is 0 Å². The fourth-order valence-corrected chi connectivity index (χ4v) is 3.94. The first-order valence-electron chi connectivity index (χ1n) is 8.23. The molecule has 0 aliphatic carbocycles. The molecular formula is C17H20N6S. The van der Waals surface area contributed by atoms with Gasteiger partial charge in [-0.3, -0.25) is 9.88 Å². The summed E-state index contributed by atoms with van der Waals surface area (Å²) in [7, 11) is 0. The predicted octanol–water partition coefficient (Wildman–Crippen LogP) is 3.01. The number of nitrogens with zero attached hydrogens (tertiary/aromatic N) is 5. The zero-order valence-corrected chi connectivity index (χ0v) is 14.5. The summed E-state index contributed by atoms with van der Waals surface area (Å²) in [5, 5.41) is 0. The number of H-pyrrole nitrogens is 1. The van der Waals surface area contributed by atoms with Crippen molar-refractivity contribution in [2.24, 2.45) is 0 Å². The van der Waals surface area contributed by atoms with E-state index in [1.165, 1.54) is 17.7 Å². The number of rotatable bonds is 4. The second kappa shape index (κ2) is 6.78. The average molecular weight is 340 g/mol. The SMILES string of the molecule is Cc1nc(-c2ncc[nH]2)cc([C@H]2CCCN(Cc3cncs3)C2)n1. The van der Waals surface area contributed by atoms with Crippen molar-refractivity contribution in [2.45, 2.75) is 32.2 Å². The first-order chi connectivity index (χ1) is 11.8.